The standard InChI is InChI=1S/C22H25N7O5/c1-2-16-19(21(24)30)18(14-7-9-15(10-8-14)29(32)33)20(22(31)34-13-5-11-23)17(27-16)6-3-4-12-26-28-25/h7-10,18,27H,2-6,12-13H2,1H3,(H2,24,30). The highest BCUT2D eigenvalue weighted by atomic mass is 16.6. The van der Waals surface area contributed by atoms with Gasteiger partial charge in [-0.1, -0.05) is 24.2 Å². The SMILES string of the molecule is CCC1=C(C(N)=O)C(c2ccc([N+](=O)[O-])cc2)C(C(=O)OCCC#N)=C(CCCCN=[N+]=[N-])N1. The van der Waals surface area contributed by atoms with Crippen LogP contribution < -0.4 is 11.1 Å². The molecule has 0 saturated heterocycles. The molecule has 0 radical (unpaired) electrons. The Balaban J connectivity index is 2.60. The fourth-order valence-electron chi connectivity index (χ4n) is 3.74. The number of nitro groups is 1. The smallest absolute Gasteiger partial charge is 0.336 e. The lowest BCUT2D eigenvalue weighted by Crippen LogP contribution is -2.35. The highest BCUT2D eigenvalue weighted by molar-refractivity contribution is 6.01. The summed E-state index contributed by atoms with van der Waals surface area (Å²) in [6, 6.07) is 7.44. The number of unbranched alkanes of at least 4 members (excludes halogenated alkanes) is 1. The van der Waals surface area contributed by atoms with Gasteiger partial charge >= 0.3 is 5.97 Å². The number of amides is 1. The molecule has 0 aliphatic carbocycles. The number of benzene rings is 1. The number of hydrogen-bond acceptors (Lipinski definition) is 8. The summed E-state index contributed by atoms with van der Waals surface area (Å²) in [6.45, 7) is 1.99. The van der Waals surface area contributed by atoms with Gasteiger partial charge in [-0.2, -0.15) is 5.26 Å². The minimum Gasteiger partial charge on any atom is -0.461 e. The number of esters is 1. The van der Waals surface area contributed by atoms with Gasteiger partial charge in [-0.3, -0.25) is 14.9 Å². The van der Waals surface area contributed by atoms with Gasteiger partial charge in [0, 0.05) is 40.6 Å². The first-order valence-electron chi connectivity index (χ1n) is 10.7. The van der Waals surface area contributed by atoms with Crippen LogP contribution in [-0.2, 0) is 14.3 Å². The lowest BCUT2D eigenvalue weighted by molar-refractivity contribution is -0.384. The lowest BCUT2D eigenvalue weighted by atomic mass is 9.78. The minimum atomic E-state index is -0.906. The van der Waals surface area contributed by atoms with E-state index in [1.54, 1.807) is 0 Å². The van der Waals surface area contributed by atoms with E-state index in [1.807, 2.05) is 13.0 Å². The molecule has 1 aliphatic rings. The highest BCUT2D eigenvalue weighted by Crippen LogP contribution is 2.40. The van der Waals surface area contributed by atoms with Crippen LogP contribution >= 0.6 is 0 Å². The number of hydrogen-bond donors (Lipinski definition) is 2. The molecule has 12 nitrogen and oxygen atoms in total. The van der Waals surface area contributed by atoms with E-state index in [2.05, 4.69) is 15.3 Å². The predicted octanol–water partition coefficient (Wildman–Crippen LogP) is 3.62. The van der Waals surface area contributed by atoms with Gasteiger partial charge in [0.05, 0.1) is 28.9 Å². The van der Waals surface area contributed by atoms with Gasteiger partial charge in [0.2, 0.25) is 5.91 Å². The number of nitrogens with two attached hydrogens (primary N) is 1. The summed E-state index contributed by atoms with van der Waals surface area (Å²) >= 11 is 0. The van der Waals surface area contributed by atoms with Crippen molar-refractivity contribution in [1.29, 1.82) is 5.26 Å². The van der Waals surface area contributed by atoms with E-state index in [0.29, 0.717) is 49.2 Å². The molecule has 1 aliphatic heterocycles. The number of azide groups is 1. The number of nitrogens with one attached hydrogen (secondary N) is 1. The maximum absolute atomic E-state index is 13.2. The van der Waals surface area contributed by atoms with Gasteiger partial charge in [-0.05, 0) is 36.8 Å². The van der Waals surface area contributed by atoms with Crippen LogP contribution in [0.5, 0.6) is 0 Å². The Morgan fingerprint density at radius 1 is 1.29 bits per heavy atom. The third kappa shape index (κ3) is 6.34. The maximum Gasteiger partial charge on any atom is 0.336 e. The molecule has 1 aromatic carbocycles. The fraction of sp³-hybridized carbons (Fsp3) is 0.409. The molecular formula is C22H25N7O5. The van der Waals surface area contributed by atoms with E-state index in [4.69, 9.17) is 21.3 Å². The van der Waals surface area contributed by atoms with Gasteiger partial charge in [0.1, 0.15) is 6.61 Å². The summed E-state index contributed by atoms with van der Waals surface area (Å²) in [7, 11) is 0. The summed E-state index contributed by atoms with van der Waals surface area (Å²) in [6.07, 6.45) is 1.95. The number of nitro benzene ring substituents is 1. The molecule has 1 atom stereocenters. The van der Waals surface area contributed by atoms with Crippen molar-refractivity contribution in [3.63, 3.8) is 0 Å². The molecule has 34 heavy (non-hydrogen) atoms. The molecule has 3 N–H and O–H groups in total. The molecule has 0 saturated carbocycles. The van der Waals surface area contributed by atoms with Crippen LogP contribution in [0.15, 0.2) is 51.9 Å². The summed E-state index contributed by atoms with van der Waals surface area (Å²) in [5.74, 6) is -2.36. The van der Waals surface area contributed by atoms with Crippen molar-refractivity contribution in [2.45, 2.75) is 44.9 Å². The summed E-state index contributed by atoms with van der Waals surface area (Å²) in [5.41, 5.74) is 15.9. The lowest BCUT2D eigenvalue weighted by Gasteiger charge is -2.32. The topological polar surface area (TPSA) is 197 Å². The molecule has 12 heteroatoms. The van der Waals surface area contributed by atoms with Crippen molar-refractivity contribution < 1.29 is 19.2 Å². The van der Waals surface area contributed by atoms with Gasteiger partial charge in [-0.15, -0.1) is 0 Å². The van der Waals surface area contributed by atoms with Crippen molar-refractivity contribution in [2.75, 3.05) is 13.2 Å². The number of primary amides is 1. The van der Waals surface area contributed by atoms with Gasteiger partial charge in [-0.25, -0.2) is 4.79 Å². The molecule has 2 rings (SSSR count). The zero-order valence-corrected chi connectivity index (χ0v) is 18.7. The van der Waals surface area contributed by atoms with Crippen LogP contribution in [0.1, 0.15) is 50.5 Å². The van der Waals surface area contributed by atoms with Crippen LogP contribution in [0.3, 0.4) is 0 Å². The average molecular weight is 467 g/mol. The maximum atomic E-state index is 13.2. The van der Waals surface area contributed by atoms with E-state index in [-0.39, 0.29) is 29.9 Å². The Labute approximate surface area is 195 Å². The molecule has 0 bridgehead atoms. The van der Waals surface area contributed by atoms with Crippen molar-refractivity contribution >= 4 is 17.6 Å². The second-order valence-corrected chi connectivity index (χ2v) is 7.36. The Morgan fingerprint density at radius 3 is 2.56 bits per heavy atom. The third-order valence-corrected chi connectivity index (χ3v) is 5.25. The minimum absolute atomic E-state index is 0.00509. The Kier molecular flexibility index (Phi) is 9.61. The summed E-state index contributed by atoms with van der Waals surface area (Å²) in [4.78, 5) is 38.9. The van der Waals surface area contributed by atoms with Crippen LogP contribution in [0.2, 0.25) is 0 Å². The van der Waals surface area contributed by atoms with Gasteiger partial charge < -0.3 is 15.8 Å². The van der Waals surface area contributed by atoms with E-state index in [9.17, 15) is 19.7 Å². The van der Waals surface area contributed by atoms with Crippen molar-refractivity contribution in [2.24, 2.45) is 10.8 Å². The Hall–Kier alpha value is -4.36. The number of carbonyl (C=O) groups is 2. The summed E-state index contributed by atoms with van der Waals surface area (Å²) < 4.78 is 5.30. The molecule has 1 unspecified atom stereocenters. The van der Waals surface area contributed by atoms with Crippen LogP contribution in [0.25, 0.3) is 10.4 Å². The number of rotatable bonds is 12. The molecule has 1 amide bonds. The fourth-order valence-corrected chi connectivity index (χ4v) is 3.74. The molecule has 0 aromatic heterocycles. The van der Waals surface area contributed by atoms with E-state index >= 15 is 0 Å². The molecule has 0 spiro atoms. The van der Waals surface area contributed by atoms with E-state index < -0.39 is 22.7 Å². The second-order valence-electron chi connectivity index (χ2n) is 7.36. The second kappa shape index (κ2) is 12.6. The molecular weight excluding hydrogens is 442 g/mol. The average Bonchev–Trinajstić information content (AvgIpc) is 2.82. The quantitative estimate of drug-likeness (QED) is 0.0889. The van der Waals surface area contributed by atoms with E-state index in [1.165, 1.54) is 24.3 Å². The molecule has 0 fully saturated rings. The van der Waals surface area contributed by atoms with Crippen molar-refractivity contribution in [3.8, 4) is 6.07 Å². The number of dihydropyridines is 1. The summed E-state index contributed by atoms with van der Waals surface area (Å²) in [5, 5.41) is 26.5. The first kappa shape index (κ1) is 25.9. The largest absolute Gasteiger partial charge is 0.461 e. The van der Waals surface area contributed by atoms with Crippen LogP contribution in [-0.4, -0.2) is 30.0 Å². The monoisotopic (exact) mass is 467 g/mol. The molecule has 1 aromatic rings. The number of carbonyl (C=O) groups excluding carboxylic acids is 2. The van der Waals surface area contributed by atoms with Crippen molar-refractivity contribution in [3.05, 3.63) is 72.9 Å². The first-order chi connectivity index (χ1) is 16.3. The van der Waals surface area contributed by atoms with Crippen LogP contribution in [0.4, 0.5) is 5.69 Å². The number of nitrogens with zero attached hydrogens (tertiary/aromatic N) is 5. The van der Waals surface area contributed by atoms with E-state index in [0.717, 1.165) is 0 Å². The van der Waals surface area contributed by atoms with Gasteiger partial charge in [0.15, 0.2) is 0 Å². The normalized spacial score (nSPS) is 15.1. The van der Waals surface area contributed by atoms with Crippen LogP contribution in [0, 0.1) is 21.4 Å². The zero-order chi connectivity index (χ0) is 25.1. The number of allylic oxidation sites excluding steroid dienone is 2. The zero-order valence-electron chi connectivity index (χ0n) is 18.7. The molecule has 1 heterocycles. The number of nitriles is 1. The number of non-ortho nitro benzene ring substituents is 1. The Morgan fingerprint density at radius 2 is 2.00 bits per heavy atom. The predicted molar refractivity (Wildman–Crippen MR) is 122 cm³/mol. The Bertz CT molecular complexity index is 1100. The van der Waals surface area contributed by atoms with Gasteiger partial charge in [0.25, 0.3) is 5.69 Å². The highest BCUT2D eigenvalue weighted by Gasteiger charge is 2.38. The third-order valence-electron chi connectivity index (χ3n) is 5.25. The number of ether oxygens (including phenoxy) is 1. The van der Waals surface area contributed by atoms with Crippen molar-refractivity contribution in [1.82, 2.24) is 5.32 Å². The molecule has 178 valence electrons. The first-order valence-corrected chi connectivity index (χ1v) is 10.7.